The van der Waals surface area contributed by atoms with Crippen LogP contribution in [0, 0.1) is 0 Å². The van der Waals surface area contributed by atoms with Gasteiger partial charge in [-0.2, -0.15) is 0 Å². The maximum atomic E-state index is 12.1. The van der Waals surface area contributed by atoms with Crippen LogP contribution in [0.1, 0.15) is 46.5 Å². The van der Waals surface area contributed by atoms with Crippen molar-refractivity contribution >= 4 is 13.3 Å². The van der Waals surface area contributed by atoms with Gasteiger partial charge in [0, 0.05) is 0 Å². The minimum atomic E-state index is -3.75. The summed E-state index contributed by atoms with van der Waals surface area (Å²) >= 11 is 0. The van der Waals surface area contributed by atoms with E-state index in [1.165, 1.54) is 0 Å². The molecule has 0 radical (unpaired) electrons. The van der Waals surface area contributed by atoms with Crippen molar-refractivity contribution in [2.24, 2.45) is 0 Å². The zero-order valence-electron chi connectivity index (χ0n) is 10.9. The van der Waals surface area contributed by atoms with E-state index in [-0.39, 0.29) is 19.8 Å². The fourth-order valence-corrected chi connectivity index (χ4v) is 2.28. The van der Waals surface area contributed by atoms with Crippen molar-refractivity contribution in [3.05, 3.63) is 0 Å². The first-order valence-electron chi connectivity index (χ1n) is 6.17. The van der Waals surface area contributed by atoms with E-state index in [0.29, 0.717) is 12.8 Å². The first-order chi connectivity index (χ1) is 8.10. The summed E-state index contributed by atoms with van der Waals surface area (Å²) in [5.41, 5.74) is -0.871. The van der Waals surface area contributed by atoms with Gasteiger partial charge in [-0.05, 0) is 19.3 Å². The van der Waals surface area contributed by atoms with Gasteiger partial charge in [0.15, 0.2) is 0 Å². The van der Waals surface area contributed by atoms with Gasteiger partial charge in [0.25, 0.3) is 0 Å². The van der Waals surface area contributed by atoms with Crippen LogP contribution in [0.5, 0.6) is 0 Å². The van der Waals surface area contributed by atoms with Gasteiger partial charge < -0.3 is 13.8 Å². The summed E-state index contributed by atoms with van der Waals surface area (Å²) in [5.74, 6) is 0. The molecule has 0 amide bonds. The lowest BCUT2D eigenvalue weighted by atomic mass is 10.4. The van der Waals surface area contributed by atoms with Crippen LogP contribution in [0.2, 0.25) is 0 Å². The standard InChI is InChI=1S/C11H23O5P/c1-4-7-10-16-17(13,15-9-6-3)11(12)14-8-5-2/h4-10H2,1-3H3. The second-order valence-electron chi connectivity index (χ2n) is 3.63. The largest absolute Gasteiger partial charge is 0.457 e. The van der Waals surface area contributed by atoms with E-state index in [1.807, 2.05) is 20.8 Å². The molecule has 0 heterocycles. The molecule has 0 aromatic heterocycles. The van der Waals surface area contributed by atoms with E-state index in [9.17, 15) is 9.36 Å². The summed E-state index contributed by atoms with van der Waals surface area (Å²) in [6.45, 7) is 6.42. The van der Waals surface area contributed by atoms with Gasteiger partial charge in [-0.3, -0.25) is 0 Å². The third-order valence-electron chi connectivity index (χ3n) is 1.88. The van der Waals surface area contributed by atoms with Crippen molar-refractivity contribution in [3.8, 4) is 0 Å². The average Bonchev–Trinajstić information content (AvgIpc) is 2.33. The molecule has 0 rings (SSSR count). The summed E-state index contributed by atoms with van der Waals surface area (Å²) in [6, 6.07) is 0. The van der Waals surface area contributed by atoms with Gasteiger partial charge in [0.2, 0.25) is 0 Å². The van der Waals surface area contributed by atoms with E-state index in [2.05, 4.69) is 0 Å². The number of rotatable bonds is 10. The Hall–Kier alpha value is -0.380. The topological polar surface area (TPSA) is 61.8 Å². The number of carbonyl (C=O) groups is 1. The Morgan fingerprint density at radius 3 is 2.06 bits per heavy atom. The second-order valence-corrected chi connectivity index (χ2v) is 5.51. The Morgan fingerprint density at radius 2 is 1.53 bits per heavy atom. The molecule has 0 saturated heterocycles. The first-order valence-corrected chi connectivity index (χ1v) is 7.71. The van der Waals surface area contributed by atoms with Crippen molar-refractivity contribution in [2.75, 3.05) is 19.8 Å². The third kappa shape index (κ3) is 6.81. The van der Waals surface area contributed by atoms with Gasteiger partial charge in [0.05, 0.1) is 19.8 Å². The van der Waals surface area contributed by atoms with Crippen molar-refractivity contribution in [3.63, 3.8) is 0 Å². The number of hydrogen-bond acceptors (Lipinski definition) is 5. The van der Waals surface area contributed by atoms with E-state index in [4.69, 9.17) is 13.8 Å². The van der Waals surface area contributed by atoms with E-state index in [0.717, 1.165) is 12.8 Å². The molecule has 1 unspecified atom stereocenters. The van der Waals surface area contributed by atoms with Gasteiger partial charge >= 0.3 is 13.3 Å². The highest BCUT2D eigenvalue weighted by Crippen LogP contribution is 2.50. The smallest absolute Gasteiger partial charge is 0.438 e. The summed E-state index contributed by atoms with van der Waals surface area (Å²) in [5, 5.41) is 0. The minimum Gasteiger partial charge on any atom is -0.457 e. The first kappa shape index (κ1) is 16.6. The van der Waals surface area contributed by atoms with Crippen LogP contribution in [0.15, 0.2) is 0 Å². The van der Waals surface area contributed by atoms with Crippen LogP contribution in [0.3, 0.4) is 0 Å². The summed E-state index contributed by atoms with van der Waals surface area (Å²) in [6.07, 6.45) is 2.98. The average molecular weight is 266 g/mol. The molecule has 6 heteroatoms. The fraction of sp³-hybridized carbons (Fsp3) is 0.909. The maximum Gasteiger partial charge on any atom is 0.438 e. The lowest BCUT2D eigenvalue weighted by Gasteiger charge is -2.16. The van der Waals surface area contributed by atoms with Crippen LogP contribution in [-0.2, 0) is 18.3 Å². The molecule has 0 fully saturated rings. The predicted octanol–water partition coefficient (Wildman–Crippen LogP) is 3.97. The Morgan fingerprint density at radius 1 is 0.941 bits per heavy atom. The molecule has 0 aliphatic heterocycles. The number of unbranched alkanes of at least 4 members (excludes halogenated alkanes) is 1. The normalized spacial score (nSPS) is 14.3. The van der Waals surface area contributed by atoms with Crippen LogP contribution < -0.4 is 0 Å². The van der Waals surface area contributed by atoms with E-state index >= 15 is 0 Å². The molecule has 5 nitrogen and oxygen atoms in total. The monoisotopic (exact) mass is 266 g/mol. The van der Waals surface area contributed by atoms with Crippen LogP contribution in [0.4, 0.5) is 4.79 Å². The molecular weight excluding hydrogens is 243 g/mol. The lowest BCUT2D eigenvalue weighted by molar-refractivity contribution is 0.144. The van der Waals surface area contributed by atoms with Gasteiger partial charge in [0.1, 0.15) is 0 Å². The summed E-state index contributed by atoms with van der Waals surface area (Å²) < 4.78 is 27.1. The van der Waals surface area contributed by atoms with Crippen molar-refractivity contribution in [1.82, 2.24) is 0 Å². The molecule has 1 atom stereocenters. The van der Waals surface area contributed by atoms with E-state index in [1.54, 1.807) is 0 Å². The van der Waals surface area contributed by atoms with Crippen LogP contribution in [-0.4, -0.2) is 25.5 Å². The molecule has 0 aromatic rings. The highest BCUT2D eigenvalue weighted by atomic mass is 31.2. The Bertz CT molecular complexity index is 254. The molecule has 17 heavy (non-hydrogen) atoms. The molecular formula is C11H23O5P. The second kappa shape index (κ2) is 9.63. The molecule has 102 valence electrons. The molecule has 0 N–H and O–H groups in total. The molecule has 0 aliphatic rings. The number of carbonyl (C=O) groups excluding carboxylic acids is 1. The van der Waals surface area contributed by atoms with Crippen molar-refractivity contribution in [1.29, 1.82) is 0 Å². The zero-order chi connectivity index (χ0) is 13.1. The van der Waals surface area contributed by atoms with Crippen molar-refractivity contribution < 1.29 is 23.1 Å². The Balaban J connectivity index is 4.36. The fourth-order valence-electron chi connectivity index (χ4n) is 0.952. The summed E-state index contributed by atoms with van der Waals surface area (Å²) in [4.78, 5) is 11.6. The van der Waals surface area contributed by atoms with Crippen molar-refractivity contribution in [2.45, 2.75) is 46.5 Å². The van der Waals surface area contributed by atoms with Crippen LogP contribution in [0.25, 0.3) is 0 Å². The lowest BCUT2D eigenvalue weighted by Crippen LogP contribution is -2.10. The quantitative estimate of drug-likeness (QED) is 0.442. The highest BCUT2D eigenvalue weighted by molar-refractivity contribution is 7.71. The zero-order valence-corrected chi connectivity index (χ0v) is 11.8. The number of ether oxygens (including phenoxy) is 1. The third-order valence-corrected chi connectivity index (χ3v) is 3.50. The van der Waals surface area contributed by atoms with Crippen LogP contribution >= 0.6 is 7.60 Å². The molecule has 0 spiro atoms. The van der Waals surface area contributed by atoms with E-state index < -0.39 is 13.3 Å². The minimum absolute atomic E-state index is 0.227. The summed E-state index contributed by atoms with van der Waals surface area (Å²) in [7, 11) is -3.75. The predicted molar refractivity (Wildman–Crippen MR) is 66.3 cm³/mol. The molecule has 0 saturated carbocycles. The van der Waals surface area contributed by atoms with Gasteiger partial charge in [-0.25, -0.2) is 9.36 Å². The Labute approximate surface area is 103 Å². The molecule has 0 aliphatic carbocycles. The highest BCUT2D eigenvalue weighted by Gasteiger charge is 2.36. The molecule has 0 aromatic carbocycles. The molecule has 0 bridgehead atoms. The van der Waals surface area contributed by atoms with Gasteiger partial charge in [-0.15, -0.1) is 0 Å². The Kier molecular flexibility index (Phi) is 9.41. The SMILES string of the molecule is CCCCOP(=O)(OCCC)C(=O)OCCC. The number of hydrogen-bond donors (Lipinski definition) is 0. The maximum absolute atomic E-state index is 12.1. The van der Waals surface area contributed by atoms with Gasteiger partial charge in [-0.1, -0.05) is 27.2 Å².